The molecule has 2 heteroatoms. The third-order valence-electron chi connectivity index (χ3n) is 3.17. The van der Waals surface area contributed by atoms with Gasteiger partial charge in [-0.25, -0.2) is 0 Å². The van der Waals surface area contributed by atoms with Crippen LogP contribution in [-0.2, 0) is 4.74 Å². The second-order valence-corrected chi connectivity index (χ2v) is 4.80. The fourth-order valence-electron chi connectivity index (χ4n) is 1.90. The predicted octanol–water partition coefficient (Wildman–Crippen LogP) is 1.55. The summed E-state index contributed by atoms with van der Waals surface area (Å²) in [6.45, 7) is 6.57. The van der Waals surface area contributed by atoms with Gasteiger partial charge in [-0.3, -0.25) is 0 Å². The quantitative estimate of drug-likeness (QED) is 0.677. The summed E-state index contributed by atoms with van der Waals surface area (Å²) in [7, 11) is 0. The van der Waals surface area contributed by atoms with Crippen molar-refractivity contribution in [1.82, 2.24) is 5.32 Å². The molecule has 1 N–H and O–H groups in total. The summed E-state index contributed by atoms with van der Waals surface area (Å²) in [5.74, 6) is 0. The van der Waals surface area contributed by atoms with E-state index in [-0.39, 0.29) is 0 Å². The first kappa shape index (κ1) is 8.52. The topological polar surface area (TPSA) is 21.3 Å². The lowest BCUT2D eigenvalue weighted by molar-refractivity contribution is 0.0767. The Bertz CT molecular complexity index is 161. The maximum absolute atomic E-state index is 5.31. The van der Waals surface area contributed by atoms with E-state index in [1.165, 1.54) is 19.3 Å². The molecule has 0 aromatic carbocycles. The molecule has 1 atom stereocenters. The summed E-state index contributed by atoms with van der Waals surface area (Å²) in [6.07, 6.45) is 3.75. The van der Waals surface area contributed by atoms with E-state index >= 15 is 0 Å². The Hall–Kier alpha value is -0.0800. The molecule has 0 spiro atoms. The van der Waals surface area contributed by atoms with Crippen molar-refractivity contribution in [3.8, 4) is 0 Å². The van der Waals surface area contributed by atoms with Crippen LogP contribution in [0.1, 0.15) is 33.1 Å². The van der Waals surface area contributed by atoms with Gasteiger partial charge in [0.25, 0.3) is 0 Å². The van der Waals surface area contributed by atoms with Gasteiger partial charge in [0.1, 0.15) is 0 Å². The lowest BCUT2D eigenvalue weighted by Crippen LogP contribution is -2.37. The van der Waals surface area contributed by atoms with Crippen LogP contribution in [0.4, 0.5) is 0 Å². The highest BCUT2D eigenvalue weighted by molar-refractivity contribution is 5.02. The molecule has 0 radical (unpaired) electrons. The third-order valence-corrected chi connectivity index (χ3v) is 3.17. The number of ether oxygens (including phenoxy) is 1. The van der Waals surface area contributed by atoms with Crippen LogP contribution in [0.3, 0.4) is 0 Å². The zero-order valence-electron chi connectivity index (χ0n) is 8.10. The van der Waals surface area contributed by atoms with Gasteiger partial charge in [-0.2, -0.15) is 0 Å². The highest BCUT2D eigenvalue weighted by Crippen LogP contribution is 2.45. The highest BCUT2D eigenvalue weighted by atomic mass is 16.5. The standard InChI is InChI=1S/C10H19NO/c1-10(2)7-9(10)11-8-3-5-12-6-4-8/h8-9,11H,3-7H2,1-2H3. The second kappa shape index (κ2) is 3.00. The van der Waals surface area contributed by atoms with Crippen molar-refractivity contribution in [2.45, 2.75) is 45.2 Å². The molecule has 12 heavy (non-hydrogen) atoms. The predicted molar refractivity (Wildman–Crippen MR) is 49.2 cm³/mol. The number of nitrogens with one attached hydrogen (secondary N) is 1. The van der Waals surface area contributed by atoms with E-state index in [9.17, 15) is 0 Å². The summed E-state index contributed by atoms with van der Waals surface area (Å²) in [5.41, 5.74) is 0.568. The first-order valence-corrected chi connectivity index (χ1v) is 5.02. The second-order valence-electron chi connectivity index (χ2n) is 4.80. The van der Waals surface area contributed by atoms with E-state index in [0.717, 1.165) is 25.3 Å². The Labute approximate surface area is 74.7 Å². The summed E-state index contributed by atoms with van der Waals surface area (Å²) in [6, 6.07) is 1.51. The van der Waals surface area contributed by atoms with E-state index in [2.05, 4.69) is 19.2 Å². The maximum atomic E-state index is 5.31. The van der Waals surface area contributed by atoms with Crippen LogP contribution in [0.15, 0.2) is 0 Å². The molecule has 0 amide bonds. The Balaban J connectivity index is 1.73. The molecule has 2 fully saturated rings. The lowest BCUT2D eigenvalue weighted by Gasteiger charge is -2.23. The summed E-state index contributed by atoms with van der Waals surface area (Å²) < 4.78 is 5.31. The first-order chi connectivity index (χ1) is 5.68. The molecule has 0 aromatic rings. The van der Waals surface area contributed by atoms with Crippen LogP contribution < -0.4 is 5.32 Å². The highest BCUT2D eigenvalue weighted by Gasteiger charge is 2.46. The van der Waals surface area contributed by atoms with E-state index in [4.69, 9.17) is 4.74 Å². The van der Waals surface area contributed by atoms with Crippen LogP contribution in [-0.4, -0.2) is 25.3 Å². The Morgan fingerprint density at radius 2 is 1.83 bits per heavy atom. The Morgan fingerprint density at radius 3 is 2.33 bits per heavy atom. The maximum Gasteiger partial charge on any atom is 0.0480 e. The molecule has 1 unspecified atom stereocenters. The van der Waals surface area contributed by atoms with E-state index in [0.29, 0.717) is 5.41 Å². The fourth-order valence-corrected chi connectivity index (χ4v) is 1.90. The van der Waals surface area contributed by atoms with Crippen LogP contribution in [0.5, 0.6) is 0 Å². The molecule has 2 nitrogen and oxygen atoms in total. The molecule has 2 aliphatic rings. The van der Waals surface area contributed by atoms with Gasteiger partial charge in [-0.1, -0.05) is 13.8 Å². The number of rotatable bonds is 2. The zero-order valence-corrected chi connectivity index (χ0v) is 8.10. The molecular formula is C10H19NO. The van der Waals surface area contributed by atoms with Gasteiger partial charge in [0.15, 0.2) is 0 Å². The van der Waals surface area contributed by atoms with Crippen molar-refractivity contribution >= 4 is 0 Å². The van der Waals surface area contributed by atoms with E-state index < -0.39 is 0 Å². The minimum absolute atomic E-state index is 0.568. The molecule has 0 bridgehead atoms. The molecule has 1 heterocycles. The van der Waals surface area contributed by atoms with Crippen LogP contribution >= 0.6 is 0 Å². The molecule has 0 aromatic heterocycles. The third kappa shape index (κ3) is 1.80. The minimum Gasteiger partial charge on any atom is -0.381 e. The monoisotopic (exact) mass is 169 g/mol. The molecule has 70 valence electrons. The number of hydrogen-bond donors (Lipinski definition) is 1. The van der Waals surface area contributed by atoms with E-state index in [1.54, 1.807) is 0 Å². The van der Waals surface area contributed by atoms with Gasteiger partial charge in [-0.05, 0) is 24.7 Å². The van der Waals surface area contributed by atoms with Crippen molar-refractivity contribution in [3.05, 3.63) is 0 Å². The van der Waals surface area contributed by atoms with Gasteiger partial charge in [0.05, 0.1) is 0 Å². The Morgan fingerprint density at radius 1 is 1.25 bits per heavy atom. The van der Waals surface area contributed by atoms with Crippen molar-refractivity contribution in [1.29, 1.82) is 0 Å². The zero-order chi connectivity index (χ0) is 8.60. The van der Waals surface area contributed by atoms with Crippen LogP contribution in [0.25, 0.3) is 0 Å². The largest absolute Gasteiger partial charge is 0.381 e. The minimum atomic E-state index is 0.568. The van der Waals surface area contributed by atoms with Gasteiger partial charge < -0.3 is 10.1 Å². The number of hydrogen-bond acceptors (Lipinski definition) is 2. The normalized spacial score (nSPS) is 35.0. The summed E-state index contributed by atoms with van der Waals surface area (Å²) in [5, 5.41) is 3.70. The van der Waals surface area contributed by atoms with Crippen molar-refractivity contribution < 1.29 is 4.74 Å². The molecular weight excluding hydrogens is 150 g/mol. The molecule has 1 saturated carbocycles. The van der Waals surface area contributed by atoms with E-state index in [1.807, 2.05) is 0 Å². The lowest BCUT2D eigenvalue weighted by atomic mass is 10.1. The molecule has 2 rings (SSSR count). The molecule has 1 aliphatic heterocycles. The van der Waals surface area contributed by atoms with Crippen LogP contribution in [0, 0.1) is 5.41 Å². The van der Waals surface area contributed by atoms with Gasteiger partial charge in [0.2, 0.25) is 0 Å². The average Bonchev–Trinajstić information content (AvgIpc) is 2.61. The fraction of sp³-hybridized carbons (Fsp3) is 1.00. The van der Waals surface area contributed by atoms with Gasteiger partial charge in [-0.15, -0.1) is 0 Å². The Kier molecular flexibility index (Phi) is 2.13. The van der Waals surface area contributed by atoms with Crippen molar-refractivity contribution in [2.75, 3.05) is 13.2 Å². The van der Waals surface area contributed by atoms with Crippen molar-refractivity contribution in [3.63, 3.8) is 0 Å². The summed E-state index contributed by atoms with van der Waals surface area (Å²) in [4.78, 5) is 0. The van der Waals surface area contributed by atoms with Crippen molar-refractivity contribution in [2.24, 2.45) is 5.41 Å². The average molecular weight is 169 g/mol. The molecule has 1 saturated heterocycles. The smallest absolute Gasteiger partial charge is 0.0480 e. The van der Waals surface area contributed by atoms with Gasteiger partial charge in [0, 0.05) is 25.3 Å². The molecule has 1 aliphatic carbocycles. The first-order valence-electron chi connectivity index (χ1n) is 5.02. The van der Waals surface area contributed by atoms with Gasteiger partial charge >= 0.3 is 0 Å². The summed E-state index contributed by atoms with van der Waals surface area (Å²) >= 11 is 0. The van der Waals surface area contributed by atoms with Crippen LogP contribution in [0.2, 0.25) is 0 Å². The SMILES string of the molecule is CC1(C)CC1NC1CCOCC1.